The van der Waals surface area contributed by atoms with E-state index in [9.17, 15) is 0 Å². The van der Waals surface area contributed by atoms with Gasteiger partial charge in [-0.05, 0) is 44.0 Å². The number of benzene rings is 2. The average molecular weight is 348 g/mol. The van der Waals surface area contributed by atoms with Crippen LogP contribution in [0.5, 0.6) is 5.75 Å². The van der Waals surface area contributed by atoms with Gasteiger partial charge in [-0.25, -0.2) is 4.98 Å². The second-order valence-electron chi connectivity index (χ2n) is 6.26. The van der Waals surface area contributed by atoms with Crippen molar-refractivity contribution >= 4 is 17.5 Å². The number of nitrogens with zero attached hydrogens (tertiary/aromatic N) is 2. The normalized spacial score (nSPS) is 10.5. The first kappa shape index (κ1) is 17.7. The van der Waals surface area contributed by atoms with Crippen molar-refractivity contribution in [3.8, 4) is 5.75 Å². The predicted octanol–water partition coefficient (Wildman–Crippen LogP) is 4.77. The lowest BCUT2D eigenvalue weighted by atomic mass is 10.1. The molecule has 5 nitrogen and oxygen atoms in total. The molecular weight excluding hydrogens is 324 g/mol. The van der Waals surface area contributed by atoms with Crippen LogP contribution in [0.3, 0.4) is 0 Å². The van der Waals surface area contributed by atoms with Crippen molar-refractivity contribution in [1.82, 2.24) is 9.97 Å². The van der Waals surface area contributed by atoms with Crippen molar-refractivity contribution in [2.24, 2.45) is 0 Å². The van der Waals surface area contributed by atoms with Crippen LogP contribution in [0.15, 0.2) is 48.5 Å². The number of para-hydroxylation sites is 1. The number of rotatable bonds is 6. The van der Waals surface area contributed by atoms with Crippen LogP contribution >= 0.6 is 0 Å². The maximum atomic E-state index is 5.40. The summed E-state index contributed by atoms with van der Waals surface area (Å²) in [6, 6.07) is 16.0. The number of aromatic nitrogens is 2. The molecule has 0 aliphatic carbocycles. The van der Waals surface area contributed by atoms with E-state index in [-0.39, 0.29) is 0 Å². The molecule has 0 fully saturated rings. The van der Waals surface area contributed by atoms with Gasteiger partial charge in [0.25, 0.3) is 0 Å². The fourth-order valence-corrected chi connectivity index (χ4v) is 2.76. The molecule has 3 aromatic rings. The van der Waals surface area contributed by atoms with Crippen LogP contribution < -0.4 is 15.4 Å². The van der Waals surface area contributed by atoms with E-state index in [4.69, 9.17) is 4.74 Å². The third kappa shape index (κ3) is 4.11. The maximum Gasteiger partial charge on any atom is 0.229 e. The van der Waals surface area contributed by atoms with Crippen LogP contribution in [0.25, 0.3) is 0 Å². The van der Waals surface area contributed by atoms with Crippen LogP contribution in [0.4, 0.5) is 17.5 Å². The standard InChI is InChI=1S/C21H24N4O/c1-14-8-7-10-18(16(14)3)24-21-23-15(2)12-20(25-21)22-13-17-9-5-6-11-19(17)26-4/h5-12H,13H2,1-4H3,(H2,22,23,24,25). The van der Waals surface area contributed by atoms with Crippen molar-refractivity contribution in [3.05, 3.63) is 70.9 Å². The highest BCUT2D eigenvalue weighted by molar-refractivity contribution is 5.61. The number of nitrogens with one attached hydrogen (secondary N) is 2. The third-order valence-corrected chi connectivity index (χ3v) is 4.36. The van der Waals surface area contributed by atoms with Crippen molar-refractivity contribution in [2.45, 2.75) is 27.3 Å². The molecule has 0 unspecified atom stereocenters. The summed E-state index contributed by atoms with van der Waals surface area (Å²) in [4.78, 5) is 9.10. The minimum atomic E-state index is 0.584. The molecule has 0 aliphatic heterocycles. The summed E-state index contributed by atoms with van der Waals surface area (Å²) in [5.74, 6) is 2.22. The number of anilines is 3. The molecule has 3 rings (SSSR count). The topological polar surface area (TPSA) is 59.1 Å². The SMILES string of the molecule is COc1ccccc1CNc1cc(C)nc(Nc2cccc(C)c2C)n1. The molecule has 0 radical (unpaired) electrons. The minimum Gasteiger partial charge on any atom is -0.496 e. The minimum absolute atomic E-state index is 0.584. The van der Waals surface area contributed by atoms with Crippen LogP contribution in [-0.2, 0) is 6.54 Å². The molecule has 0 saturated heterocycles. The van der Waals surface area contributed by atoms with E-state index in [1.54, 1.807) is 7.11 Å². The Labute approximate surface area is 154 Å². The summed E-state index contributed by atoms with van der Waals surface area (Å²) in [6.45, 7) is 6.78. The molecule has 1 heterocycles. The Bertz CT molecular complexity index is 908. The summed E-state index contributed by atoms with van der Waals surface area (Å²) in [7, 11) is 1.68. The highest BCUT2D eigenvalue weighted by Gasteiger charge is 2.07. The summed E-state index contributed by atoms with van der Waals surface area (Å²) >= 11 is 0. The Morgan fingerprint density at radius 1 is 0.962 bits per heavy atom. The van der Waals surface area contributed by atoms with Gasteiger partial charge in [0.05, 0.1) is 7.11 Å². The van der Waals surface area contributed by atoms with Crippen LogP contribution in [0.1, 0.15) is 22.4 Å². The van der Waals surface area contributed by atoms with Gasteiger partial charge in [0.2, 0.25) is 5.95 Å². The molecule has 2 aromatic carbocycles. The van der Waals surface area contributed by atoms with Crippen LogP contribution in [0.2, 0.25) is 0 Å². The van der Waals surface area contributed by atoms with Gasteiger partial charge >= 0.3 is 0 Å². The molecule has 0 atom stereocenters. The second kappa shape index (κ2) is 7.87. The lowest BCUT2D eigenvalue weighted by molar-refractivity contribution is 0.410. The van der Waals surface area contributed by atoms with Crippen molar-refractivity contribution in [1.29, 1.82) is 0 Å². The lowest BCUT2D eigenvalue weighted by Gasteiger charge is -2.13. The Morgan fingerprint density at radius 2 is 1.77 bits per heavy atom. The number of hydrogen-bond donors (Lipinski definition) is 2. The Morgan fingerprint density at radius 3 is 2.58 bits per heavy atom. The first-order valence-electron chi connectivity index (χ1n) is 8.61. The van der Waals surface area contributed by atoms with Crippen LogP contribution in [0, 0.1) is 20.8 Å². The molecule has 0 bridgehead atoms. The second-order valence-corrected chi connectivity index (χ2v) is 6.26. The molecule has 2 N–H and O–H groups in total. The highest BCUT2D eigenvalue weighted by Crippen LogP contribution is 2.23. The largest absolute Gasteiger partial charge is 0.496 e. The van der Waals surface area contributed by atoms with Gasteiger partial charge in [0, 0.05) is 29.6 Å². The third-order valence-electron chi connectivity index (χ3n) is 4.36. The number of hydrogen-bond acceptors (Lipinski definition) is 5. The Kier molecular flexibility index (Phi) is 5.37. The zero-order valence-corrected chi connectivity index (χ0v) is 15.6. The number of methoxy groups -OCH3 is 1. The Hall–Kier alpha value is -3.08. The smallest absolute Gasteiger partial charge is 0.229 e. The summed E-state index contributed by atoms with van der Waals surface area (Å²) in [5, 5.41) is 6.69. The summed E-state index contributed by atoms with van der Waals surface area (Å²) in [6.07, 6.45) is 0. The van der Waals surface area contributed by atoms with E-state index < -0.39 is 0 Å². The van der Waals surface area contributed by atoms with E-state index >= 15 is 0 Å². The molecule has 0 aliphatic rings. The van der Waals surface area contributed by atoms with E-state index in [1.165, 1.54) is 11.1 Å². The lowest BCUT2D eigenvalue weighted by Crippen LogP contribution is -2.07. The quantitative estimate of drug-likeness (QED) is 0.672. The van der Waals surface area contributed by atoms with E-state index in [0.29, 0.717) is 12.5 Å². The van der Waals surface area contributed by atoms with E-state index in [2.05, 4.69) is 40.5 Å². The van der Waals surface area contributed by atoms with Gasteiger partial charge in [-0.15, -0.1) is 0 Å². The molecule has 0 amide bonds. The summed E-state index contributed by atoms with van der Waals surface area (Å²) in [5.41, 5.74) is 5.43. The average Bonchev–Trinajstić information content (AvgIpc) is 2.63. The fraction of sp³-hybridized carbons (Fsp3) is 0.238. The monoisotopic (exact) mass is 348 g/mol. The fourth-order valence-electron chi connectivity index (χ4n) is 2.76. The van der Waals surface area contributed by atoms with Gasteiger partial charge in [-0.2, -0.15) is 4.98 Å². The van der Waals surface area contributed by atoms with Crippen molar-refractivity contribution in [2.75, 3.05) is 17.7 Å². The van der Waals surface area contributed by atoms with Gasteiger partial charge in [0.1, 0.15) is 11.6 Å². The maximum absolute atomic E-state index is 5.40. The zero-order valence-electron chi connectivity index (χ0n) is 15.6. The molecule has 5 heteroatoms. The first-order valence-corrected chi connectivity index (χ1v) is 8.61. The Balaban J connectivity index is 1.78. The highest BCUT2D eigenvalue weighted by atomic mass is 16.5. The number of aryl methyl sites for hydroxylation is 2. The predicted molar refractivity (Wildman–Crippen MR) is 106 cm³/mol. The molecule has 0 spiro atoms. The molecular formula is C21H24N4O. The summed E-state index contributed by atoms with van der Waals surface area (Å²) < 4.78 is 5.40. The van der Waals surface area contributed by atoms with Crippen molar-refractivity contribution in [3.63, 3.8) is 0 Å². The van der Waals surface area contributed by atoms with Gasteiger partial charge < -0.3 is 15.4 Å². The number of ether oxygens (including phenoxy) is 1. The first-order chi connectivity index (χ1) is 12.6. The molecule has 0 saturated carbocycles. The van der Waals surface area contributed by atoms with Crippen molar-refractivity contribution < 1.29 is 4.74 Å². The molecule has 26 heavy (non-hydrogen) atoms. The van der Waals surface area contributed by atoms with Gasteiger partial charge in [-0.1, -0.05) is 30.3 Å². The molecule has 1 aromatic heterocycles. The van der Waals surface area contributed by atoms with Gasteiger partial charge in [0.15, 0.2) is 0 Å². The molecule has 134 valence electrons. The van der Waals surface area contributed by atoms with E-state index in [1.807, 2.05) is 49.4 Å². The van der Waals surface area contributed by atoms with Gasteiger partial charge in [-0.3, -0.25) is 0 Å². The van der Waals surface area contributed by atoms with Crippen LogP contribution in [-0.4, -0.2) is 17.1 Å². The van der Waals surface area contributed by atoms with E-state index in [0.717, 1.165) is 28.5 Å². The zero-order chi connectivity index (χ0) is 18.5.